The summed E-state index contributed by atoms with van der Waals surface area (Å²) in [5.41, 5.74) is 0. The van der Waals surface area contributed by atoms with Crippen LogP contribution >= 0.6 is 0 Å². The van der Waals surface area contributed by atoms with Crippen LogP contribution in [0.5, 0.6) is 0 Å². The van der Waals surface area contributed by atoms with Crippen molar-refractivity contribution in [2.24, 2.45) is 0 Å². The predicted molar refractivity (Wildman–Crippen MR) is 59.9 cm³/mol. The van der Waals surface area contributed by atoms with Gasteiger partial charge in [-0.2, -0.15) is 0 Å². The predicted octanol–water partition coefficient (Wildman–Crippen LogP) is 1.78. The molecule has 2 heterocycles. The molecular formula is C12H15N3O. The Hall–Kier alpha value is -1.55. The van der Waals surface area contributed by atoms with Gasteiger partial charge in [0.2, 0.25) is 0 Å². The second kappa shape index (κ2) is 4.14. The Morgan fingerprint density at radius 1 is 1.38 bits per heavy atom. The number of rotatable bonds is 5. The Bertz CT molecular complexity index is 443. The van der Waals surface area contributed by atoms with E-state index in [1.54, 1.807) is 12.5 Å². The third-order valence-electron chi connectivity index (χ3n) is 2.76. The number of furan rings is 1. The number of hydrogen-bond donors (Lipinski definition) is 1. The molecule has 0 unspecified atom stereocenters. The highest BCUT2D eigenvalue weighted by molar-refractivity contribution is 5.08. The Balaban J connectivity index is 1.58. The first-order valence-corrected chi connectivity index (χ1v) is 5.67. The van der Waals surface area contributed by atoms with Gasteiger partial charge in [-0.1, -0.05) is 0 Å². The minimum atomic E-state index is 0.724. The summed E-state index contributed by atoms with van der Waals surface area (Å²) in [6, 6.07) is 4.80. The van der Waals surface area contributed by atoms with Crippen LogP contribution in [-0.2, 0) is 13.1 Å². The van der Waals surface area contributed by atoms with Crippen molar-refractivity contribution in [3.8, 4) is 0 Å². The molecule has 1 saturated carbocycles. The molecule has 1 N–H and O–H groups in total. The van der Waals surface area contributed by atoms with Gasteiger partial charge in [-0.05, 0) is 25.0 Å². The second-order valence-corrected chi connectivity index (χ2v) is 4.26. The van der Waals surface area contributed by atoms with E-state index in [1.165, 1.54) is 12.8 Å². The molecular weight excluding hydrogens is 202 g/mol. The van der Waals surface area contributed by atoms with Crippen LogP contribution < -0.4 is 5.32 Å². The number of imidazole rings is 1. The van der Waals surface area contributed by atoms with Crippen molar-refractivity contribution >= 4 is 0 Å². The van der Waals surface area contributed by atoms with Crippen molar-refractivity contribution in [3.05, 3.63) is 42.4 Å². The molecule has 4 heteroatoms. The number of aromatic nitrogens is 2. The fraction of sp³-hybridized carbons (Fsp3) is 0.417. The SMILES string of the molecule is c1cn(Cc2ccc(CNC3CC3)o2)cn1. The van der Waals surface area contributed by atoms with Gasteiger partial charge in [-0.25, -0.2) is 4.98 Å². The summed E-state index contributed by atoms with van der Waals surface area (Å²) in [7, 11) is 0. The maximum Gasteiger partial charge on any atom is 0.123 e. The van der Waals surface area contributed by atoms with E-state index in [-0.39, 0.29) is 0 Å². The summed E-state index contributed by atoms with van der Waals surface area (Å²) in [5, 5.41) is 3.43. The molecule has 0 saturated heterocycles. The van der Waals surface area contributed by atoms with Crippen molar-refractivity contribution in [2.75, 3.05) is 0 Å². The lowest BCUT2D eigenvalue weighted by molar-refractivity contribution is 0.437. The van der Waals surface area contributed by atoms with Gasteiger partial charge in [0.05, 0.1) is 19.4 Å². The lowest BCUT2D eigenvalue weighted by Gasteiger charge is -2.00. The number of nitrogens with zero attached hydrogens (tertiary/aromatic N) is 2. The van der Waals surface area contributed by atoms with E-state index in [0.29, 0.717) is 0 Å². The molecule has 4 nitrogen and oxygen atoms in total. The van der Waals surface area contributed by atoms with Gasteiger partial charge >= 0.3 is 0 Å². The van der Waals surface area contributed by atoms with Gasteiger partial charge in [0.25, 0.3) is 0 Å². The fourth-order valence-electron chi connectivity index (χ4n) is 1.69. The summed E-state index contributed by atoms with van der Waals surface area (Å²) >= 11 is 0. The molecule has 1 fully saturated rings. The third-order valence-corrected chi connectivity index (χ3v) is 2.76. The van der Waals surface area contributed by atoms with Gasteiger partial charge < -0.3 is 14.3 Å². The standard InChI is InChI=1S/C12H15N3O/c1-2-10(1)14-7-11-3-4-12(16-11)8-15-6-5-13-9-15/h3-6,9-10,14H,1-2,7-8H2. The molecule has 0 amide bonds. The summed E-state index contributed by atoms with van der Waals surface area (Å²) < 4.78 is 7.72. The topological polar surface area (TPSA) is 43.0 Å². The van der Waals surface area contributed by atoms with Crippen LogP contribution in [0.15, 0.2) is 35.3 Å². The summed E-state index contributed by atoms with van der Waals surface area (Å²) in [6.45, 7) is 1.60. The molecule has 3 rings (SSSR count). The highest BCUT2D eigenvalue weighted by Gasteiger charge is 2.20. The van der Waals surface area contributed by atoms with Crippen molar-refractivity contribution in [1.29, 1.82) is 0 Å². The zero-order valence-corrected chi connectivity index (χ0v) is 9.10. The Morgan fingerprint density at radius 2 is 2.25 bits per heavy atom. The first-order chi connectivity index (χ1) is 7.90. The van der Waals surface area contributed by atoms with E-state index in [9.17, 15) is 0 Å². The van der Waals surface area contributed by atoms with Crippen LogP contribution in [0.3, 0.4) is 0 Å². The van der Waals surface area contributed by atoms with Crippen LogP contribution in [-0.4, -0.2) is 15.6 Å². The normalized spacial score (nSPS) is 15.5. The number of nitrogens with one attached hydrogen (secondary N) is 1. The van der Waals surface area contributed by atoms with Crippen LogP contribution in [0.25, 0.3) is 0 Å². The highest BCUT2D eigenvalue weighted by Crippen LogP contribution is 2.19. The van der Waals surface area contributed by atoms with E-state index >= 15 is 0 Å². The second-order valence-electron chi connectivity index (χ2n) is 4.26. The molecule has 0 aliphatic heterocycles. The van der Waals surface area contributed by atoms with Gasteiger partial charge in [-0.15, -0.1) is 0 Å². The Labute approximate surface area is 94.3 Å². The molecule has 2 aromatic rings. The minimum absolute atomic E-state index is 0.724. The Morgan fingerprint density at radius 3 is 3.00 bits per heavy atom. The molecule has 1 aliphatic rings. The first kappa shape index (κ1) is 9.66. The van der Waals surface area contributed by atoms with Crippen LogP contribution in [0.4, 0.5) is 0 Å². The number of hydrogen-bond acceptors (Lipinski definition) is 3. The third kappa shape index (κ3) is 2.33. The van der Waals surface area contributed by atoms with Gasteiger partial charge in [-0.3, -0.25) is 0 Å². The van der Waals surface area contributed by atoms with Crippen LogP contribution in [0, 0.1) is 0 Å². The maximum atomic E-state index is 5.72. The van der Waals surface area contributed by atoms with E-state index in [1.807, 2.05) is 22.9 Å². The molecule has 0 aromatic carbocycles. The lowest BCUT2D eigenvalue weighted by Crippen LogP contribution is -2.14. The first-order valence-electron chi connectivity index (χ1n) is 5.67. The van der Waals surface area contributed by atoms with Gasteiger partial charge in [0, 0.05) is 18.4 Å². The molecule has 0 bridgehead atoms. The largest absolute Gasteiger partial charge is 0.463 e. The zero-order valence-electron chi connectivity index (χ0n) is 9.10. The molecule has 1 aliphatic carbocycles. The quantitative estimate of drug-likeness (QED) is 0.830. The minimum Gasteiger partial charge on any atom is -0.463 e. The molecule has 2 aromatic heterocycles. The smallest absolute Gasteiger partial charge is 0.123 e. The average molecular weight is 217 g/mol. The average Bonchev–Trinajstić information content (AvgIpc) is 2.78. The van der Waals surface area contributed by atoms with Crippen LogP contribution in [0.2, 0.25) is 0 Å². The van der Waals surface area contributed by atoms with E-state index < -0.39 is 0 Å². The highest BCUT2D eigenvalue weighted by atomic mass is 16.3. The van der Waals surface area contributed by atoms with E-state index in [2.05, 4.69) is 10.3 Å². The molecule has 0 atom stereocenters. The molecule has 0 spiro atoms. The van der Waals surface area contributed by atoms with Crippen molar-refractivity contribution in [3.63, 3.8) is 0 Å². The Kier molecular flexibility index (Phi) is 2.50. The summed E-state index contributed by atoms with van der Waals surface area (Å²) in [4.78, 5) is 4.00. The monoisotopic (exact) mass is 217 g/mol. The molecule has 84 valence electrons. The zero-order chi connectivity index (χ0) is 10.8. The lowest BCUT2D eigenvalue weighted by atomic mass is 10.4. The van der Waals surface area contributed by atoms with Crippen molar-refractivity contribution in [2.45, 2.75) is 32.0 Å². The maximum absolute atomic E-state index is 5.72. The molecule has 0 radical (unpaired) electrons. The fourth-order valence-corrected chi connectivity index (χ4v) is 1.69. The van der Waals surface area contributed by atoms with E-state index in [4.69, 9.17) is 4.42 Å². The summed E-state index contributed by atoms with van der Waals surface area (Å²) in [5.74, 6) is 1.99. The van der Waals surface area contributed by atoms with Crippen LogP contribution in [0.1, 0.15) is 24.4 Å². The van der Waals surface area contributed by atoms with Crippen molar-refractivity contribution in [1.82, 2.24) is 14.9 Å². The molecule has 16 heavy (non-hydrogen) atoms. The van der Waals surface area contributed by atoms with Crippen molar-refractivity contribution < 1.29 is 4.42 Å². The van der Waals surface area contributed by atoms with Gasteiger partial charge in [0.15, 0.2) is 0 Å². The van der Waals surface area contributed by atoms with Gasteiger partial charge in [0.1, 0.15) is 11.5 Å². The summed E-state index contributed by atoms with van der Waals surface area (Å²) in [6.07, 6.45) is 8.12. The van der Waals surface area contributed by atoms with E-state index in [0.717, 1.165) is 30.7 Å².